The SMILES string of the molecule is CC(CO)c1nc(-c2ncn3c2CN(C)C(=O)c2c(Cl)cccc2-3)no1. The van der Waals surface area contributed by atoms with Crippen LogP contribution in [0.2, 0.25) is 5.02 Å². The molecule has 1 aliphatic heterocycles. The molecule has 1 aromatic carbocycles. The predicted octanol–water partition coefficient (Wildman–Crippen LogP) is 2.26. The van der Waals surface area contributed by atoms with Crippen LogP contribution in [0.3, 0.4) is 0 Å². The molecule has 0 saturated carbocycles. The molecule has 1 N–H and O–H groups in total. The summed E-state index contributed by atoms with van der Waals surface area (Å²) in [4.78, 5) is 23.1. The Hall–Kier alpha value is -2.71. The van der Waals surface area contributed by atoms with Crippen LogP contribution in [0.4, 0.5) is 0 Å². The first kappa shape index (κ1) is 16.7. The number of carbonyl (C=O) groups excluding carboxylic acids is 1. The summed E-state index contributed by atoms with van der Waals surface area (Å²) in [5.41, 5.74) is 2.37. The van der Waals surface area contributed by atoms with Crippen molar-refractivity contribution in [3.05, 3.63) is 46.7 Å². The van der Waals surface area contributed by atoms with Gasteiger partial charge in [0, 0.05) is 7.05 Å². The zero-order valence-electron chi connectivity index (χ0n) is 14.2. The third-order valence-electron chi connectivity index (χ3n) is 4.41. The summed E-state index contributed by atoms with van der Waals surface area (Å²) >= 11 is 6.27. The van der Waals surface area contributed by atoms with Crippen LogP contribution in [0.1, 0.15) is 34.8 Å². The molecule has 1 aliphatic rings. The van der Waals surface area contributed by atoms with Crippen molar-refractivity contribution >= 4 is 17.5 Å². The van der Waals surface area contributed by atoms with Crippen molar-refractivity contribution in [2.45, 2.75) is 19.4 Å². The van der Waals surface area contributed by atoms with Crippen LogP contribution < -0.4 is 0 Å². The first-order valence-electron chi connectivity index (χ1n) is 8.06. The number of benzene rings is 1. The van der Waals surface area contributed by atoms with Gasteiger partial charge in [-0.15, -0.1) is 0 Å². The van der Waals surface area contributed by atoms with Crippen LogP contribution in [-0.4, -0.2) is 49.3 Å². The Morgan fingerprint density at radius 2 is 2.23 bits per heavy atom. The van der Waals surface area contributed by atoms with Crippen LogP contribution >= 0.6 is 11.6 Å². The van der Waals surface area contributed by atoms with Gasteiger partial charge in [-0.1, -0.05) is 29.7 Å². The van der Waals surface area contributed by atoms with E-state index in [1.54, 1.807) is 37.3 Å². The van der Waals surface area contributed by atoms with E-state index in [2.05, 4.69) is 15.1 Å². The van der Waals surface area contributed by atoms with Gasteiger partial charge in [-0.05, 0) is 12.1 Å². The Balaban J connectivity index is 1.87. The fourth-order valence-corrected chi connectivity index (χ4v) is 3.19. The number of nitrogens with zero attached hydrogens (tertiary/aromatic N) is 5. The van der Waals surface area contributed by atoms with Gasteiger partial charge in [-0.25, -0.2) is 4.98 Å². The minimum Gasteiger partial charge on any atom is -0.396 e. The molecule has 0 fully saturated rings. The molecule has 0 spiro atoms. The molecular formula is C17H16ClN5O3. The van der Waals surface area contributed by atoms with E-state index >= 15 is 0 Å². The molecule has 134 valence electrons. The maximum Gasteiger partial charge on any atom is 0.257 e. The third kappa shape index (κ3) is 2.49. The van der Waals surface area contributed by atoms with Crippen molar-refractivity contribution in [2.24, 2.45) is 0 Å². The number of hydrogen-bond acceptors (Lipinski definition) is 6. The number of aliphatic hydroxyl groups is 1. The van der Waals surface area contributed by atoms with Gasteiger partial charge < -0.3 is 14.5 Å². The van der Waals surface area contributed by atoms with Crippen molar-refractivity contribution in [1.82, 2.24) is 24.6 Å². The zero-order valence-corrected chi connectivity index (χ0v) is 14.9. The second-order valence-corrected chi connectivity index (χ2v) is 6.65. The molecule has 3 heterocycles. The summed E-state index contributed by atoms with van der Waals surface area (Å²) in [6, 6.07) is 5.30. The summed E-state index contributed by atoms with van der Waals surface area (Å²) < 4.78 is 7.05. The van der Waals surface area contributed by atoms with Crippen molar-refractivity contribution < 1.29 is 14.4 Å². The number of hydrogen-bond donors (Lipinski definition) is 1. The lowest BCUT2D eigenvalue weighted by Gasteiger charge is -2.14. The molecule has 1 unspecified atom stereocenters. The van der Waals surface area contributed by atoms with E-state index in [0.29, 0.717) is 40.2 Å². The standard InChI is InChI=1S/C17H16ClN5O3/c1-9(7-24)16-20-15(21-26-16)14-12-6-22(2)17(25)13-10(18)4-3-5-11(13)23(12)8-19-14/h3-5,8-9,24H,6-7H2,1-2H3. The lowest BCUT2D eigenvalue weighted by atomic mass is 10.1. The van der Waals surface area contributed by atoms with E-state index in [1.165, 1.54) is 0 Å². The predicted molar refractivity (Wildman–Crippen MR) is 93.2 cm³/mol. The van der Waals surface area contributed by atoms with E-state index in [0.717, 1.165) is 5.69 Å². The van der Waals surface area contributed by atoms with Crippen LogP contribution in [0, 0.1) is 0 Å². The molecule has 26 heavy (non-hydrogen) atoms. The molecule has 4 rings (SSSR count). The lowest BCUT2D eigenvalue weighted by Crippen LogP contribution is -2.25. The van der Waals surface area contributed by atoms with E-state index in [4.69, 9.17) is 16.1 Å². The Bertz CT molecular complexity index is 996. The fourth-order valence-electron chi connectivity index (χ4n) is 2.94. The highest BCUT2D eigenvalue weighted by atomic mass is 35.5. The van der Waals surface area contributed by atoms with Gasteiger partial charge >= 0.3 is 0 Å². The third-order valence-corrected chi connectivity index (χ3v) is 4.73. The van der Waals surface area contributed by atoms with Crippen LogP contribution in [-0.2, 0) is 6.54 Å². The van der Waals surface area contributed by atoms with E-state index < -0.39 is 0 Å². The number of aromatic nitrogens is 4. The molecule has 0 aliphatic carbocycles. The highest BCUT2D eigenvalue weighted by Crippen LogP contribution is 2.32. The number of halogens is 1. The Morgan fingerprint density at radius 3 is 3.00 bits per heavy atom. The van der Waals surface area contributed by atoms with Crippen LogP contribution in [0.15, 0.2) is 29.0 Å². The number of carbonyl (C=O) groups is 1. The first-order chi connectivity index (χ1) is 12.5. The molecular weight excluding hydrogens is 358 g/mol. The molecule has 0 saturated heterocycles. The highest BCUT2D eigenvalue weighted by molar-refractivity contribution is 6.34. The molecule has 1 atom stereocenters. The molecule has 1 amide bonds. The summed E-state index contributed by atoms with van der Waals surface area (Å²) in [5, 5.41) is 13.6. The van der Waals surface area contributed by atoms with E-state index in [-0.39, 0.29) is 18.4 Å². The number of rotatable bonds is 3. The van der Waals surface area contributed by atoms with Gasteiger partial charge in [0.25, 0.3) is 5.91 Å². The van der Waals surface area contributed by atoms with Crippen LogP contribution in [0.5, 0.6) is 0 Å². The molecule has 2 aromatic heterocycles. The second-order valence-electron chi connectivity index (χ2n) is 6.24. The van der Waals surface area contributed by atoms with Gasteiger partial charge in [0.15, 0.2) is 0 Å². The summed E-state index contributed by atoms with van der Waals surface area (Å²) in [7, 11) is 1.71. The first-order valence-corrected chi connectivity index (χ1v) is 8.44. The van der Waals surface area contributed by atoms with Crippen molar-refractivity contribution in [1.29, 1.82) is 0 Å². The van der Waals surface area contributed by atoms with Gasteiger partial charge in [0.2, 0.25) is 11.7 Å². The summed E-state index contributed by atoms with van der Waals surface area (Å²) in [5.74, 6) is 0.232. The molecule has 8 nitrogen and oxygen atoms in total. The average molecular weight is 374 g/mol. The van der Waals surface area contributed by atoms with Crippen LogP contribution in [0.25, 0.3) is 17.2 Å². The Labute approximate surface area is 154 Å². The Morgan fingerprint density at radius 1 is 1.42 bits per heavy atom. The Kier molecular flexibility index (Phi) is 4.01. The van der Waals surface area contributed by atoms with Crippen molar-refractivity contribution in [2.75, 3.05) is 13.7 Å². The van der Waals surface area contributed by atoms with Crippen molar-refractivity contribution in [3.63, 3.8) is 0 Å². The van der Waals surface area contributed by atoms with Crippen molar-refractivity contribution in [3.8, 4) is 17.2 Å². The smallest absolute Gasteiger partial charge is 0.257 e. The molecule has 0 radical (unpaired) electrons. The van der Waals surface area contributed by atoms with Gasteiger partial charge in [-0.2, -0.15) is 4.98 Å². The quantitative estimate of drug-likeness (QED) is 0.756. The zero-order chi connectivity index (χ0) is 18.4. The molecule has 3 aromatic rings. The monoisotopic (exact) mass is 373 g/mol. The summed E-state index contributed by atoms with van der Waals surface area (Å²) in [6.07, 6.45) is 1.62. The molecule has 9 heteroatoms. The fraction of sp³-hybridized carbons (Fsp3) is 0.294. The van der Waals surface area contributed by atoms with E-state index in [1.807, 2.05) is 10.6 Å². The lowest BCUT2D eigenvalue weighted by molar-refractivity contribution is 0.0788. The average Bonchev–Trinajstić information content (AvgIpc) is 3.25. The highest BCUT2D eigenvalue weighted by Gasteiger charge is 2.29. The second kappa shape index (κ2) is 6.22. The maximum absolute atomic E-state index is 12.7. The normalized spacial score (nSPS) is 14.8. The number of amides is 1. The van der Waals surface area contributed by atoms with E-state index in [9.17, 15) is 9.90 Å². The van der Waals surface area contributed by atoms with Gasteiger partial charge in [0.05, 0.1) is 41.0 Å². The van der Waals surface area contributed by atoms with Gasteiger partial charge in [0.1, 0.15) is 12.0 Å². The number of aliphatic hydroxyl groups excluding tert-OH is 1. The van der Waals surface area contributed by atoms with Gasteiger partial charge in [-0.3, -0.25) is 9.36 Å². The minimum atomic E-state index is -0.263. The maximum atomic E-state index is 12.7. The minimum absolute atomic E-state index is 0.0912. The number of imidazole rings is 1. The summed E-state index contributed by atoms with van der Waals surface area (Å²) in [6.45, 7) is 2.01. The largest absolute Gasteiger partial charge is 0.396 e. The molecule has 0 bridgehead atoms. The topological polar surface area (TPSA) is 97.3 Å². The number of fused-ring (bicyclic) bond motifs is 3.